The van der Waals surface area contributed by atoms with E-state index in [1.165, 1.54) is 28.2 Å². The minimum absolute atomic E-state index is 0.00237. The van der Waals surface area contributed by atoms with Gasteiger partial charge >= 0.3 is 0 Å². The summed E-state index contributed by atoms with van der Waals surface area (Å²) in [5, 5.41) is 11.3. The minimum Gasteiger partial charge on any atom is -0.301 e. The Kier molecular flexibility index (Phi) is 6.62. The second-order valence-corrected chi connectivity index (χ2v) is 10.1. The first kappa shape index (κ1) is 21.8. The number of nitro groups is 1. The summed E-state index contributed by atoms with van der Waals surface area (Å²) < 4.78 is 28.2. The van der Waals surface area contributed by atoms with Crippen LogP contribution in [0.4, 0.5) is 5.69 Å². The highest BCUT2D eigenvalue weighted by Gasteiger charge is 2.31. The number of nitro benzene ring substituents is 1. The Labute approximate surface area is 175 Å². The van der Waals surface area contributed by atoms with Gasteiger partial charge in [0.15, 0.2) is 0 Å². The average molecular weight is 436 g/mol. The average Bonchev–Trinajstić information content (AvgIpc) is 2.70. The van der Waals surface area contributed by atoms with Crippen molar-refractivity contribution < 1.29 is 13.3 Å². The van der Waals surface area contributed by atoms with Crippen LogP contribution >= 0.6 is 11.8 Å². The Morgan fingerprint density at radius 3 is 2.34 bits per heavy atom. The molecule has 2 aromatic carbocycles. The lowest BCUT2D eigenvalue weighted by atomic mass is 10.2. The first-order valence-corrected chi connectivity index (χ1v) is 11.7. The standard InChI is InChI=1S/C20H25N3O4S2/c1-4-21-9-11-22(12-10-21)29(26,27)20-14-17(23(24)25)7-8-18(20)28-19-13-15(2)5-6-16(19)3/h5-8,13-14H,4,9-12H2,1-3H3. The lowest BCUT2D eigenvalue weighted by molar-refractivity contribution is -0.385. The molecule has 0 saturated carbocycles. The van der Waals surface area contributed by atoms with E-state index in [0.29, 0.717) is 31.1 Å². The topological polar surface area (TPSA) is 83.8 Å². The molecule has 0 spiro atoms. The molecule has 0 unspecified atom stereocenters. The van der Waals surface area contributed by atoms with Crippen molar-refractivity contribution in [3.05, 3.63) is 57.6 Å². The SMILES string of the molecule is CCN1CCN(S(=O)(=O)c2cc([N+](=O)[O-])ccc2Sc2cc(C)ccc2C)CC1. The van der Waals surface area contributed by atoms with E-state index in [4.69, 9.17) is 0 Å². The van der Waals surface area contributed by atoms with Gasteiger partial charge in [-0.1, -0.05) is 30.8 Å². The maximum absolute atomic E-state index is 13.4. The fraction of sp³-hybridized carbons (Fsp3) is 0.400. The number of benzene rings is 2. The van der Waals surface area contributed by atoms with E-state index in [-0.39, 0.29) is 10.6 Å². The molecule has 1 heterocycles. The number of aryl methyl sites for hydroxylation is 2. The molecule has 0 bridgehead atoms. The molecule has 156 valence electrons. The van der Waals surface area contributed by atoms with Crippen LogP contribution < -0.4 is 0 Å². The molecule has 9 heteroatoms. The molecule has 0 aromatic heterocycles. The van der Waals surface area contributed by atoms with E-state index >= 15 is 0 Å². The Hall–Kier alpha value is -1.94. The lowest BCUT2D eigenvalue weighted by Gasteiger charge is -2.33. The largest absolute Gasteiger partial charge is 0.301 e. The maximum Gasteiger partial charge on any atom is 0.270 e. The van der Waals surface area contributed by atoms with Crippen molar-refractivity contribution in [1.29, 1.82) is 0 Å². The Balaban J connectivity index is 2.02. The summed E-state index contributed by atoms with van der Waals surface area (Å²) in [6.07, 6.45) is 0. The van der Waals surface area contributed by atoms with Crippen LogP contribution in [0, 0.1) is 24.0 Å². The highest BCUT2D eigenvalue weighted by molar-refractivity contribution is 8.00. The molecule has 29 heavy (non-hydrogen) atoms. The zero-order chi connectivity index (χ0) is 21.2. The van der Waals surface area contributed by atoms with Gasteiger partial charge in [0.25, 0.3) is 5.69 Å². The van der Waals surface area contributed by atoms with Gasteiger partial charge in [-0.05, 0) is 43.7 Å². The number of sulfonamides is 1. The van der Waals surface area contributed by atoms with Crippen molar-refractivity contribution in [2.24, 2.45) is 0 Å². The minimum atomic E-state index is -3.84. The summed E-state index contributed by atoms with van der Waals surface area (Å²) in [5.41, 5.74) is 1.88. The summed E-state index contributed by atoms with van der Waals surface area (Å²) in [5.74, 6) is 0. The lowest BCUT2D eigenvalue weighted by Crippen LogP contribution is -2.48. The summed E-state index contributed by atoms with van der Waals surface area (Å²) in [4.78, 5) is 14.4. The van der Waals surface area contributed by atoms with Crippen LogP contribution in [-0.2, 0) is 10.0 Å². The zero-order valence-corrected chi connectivity index (χ0v) is 18.4. The van der Waals surface area contributed by atoms with Gasteiger partial charge in [0.05, 0.1) is 4.92 Å². The van der Waals surface area contributed by atoms with E-state index < -0.39 is 14.9 Å². The molecule has 0 amide bonds. The van der Waals surface area contributed by atoms with E-state index in [9.17, 15) is 18.5 Å². The molecule has 0 aliphatic carbocycles. The van der Waals surface area contributed by atoms with Crippen LogP contribution in [-0.4, -0.2) is 55.3 Å². The van der Waals surface area contributed by atoms with Crippen molar-refractivity contribution in [3.63, 3.8) is 0 Å². The predicted octanol–water partition coefficient (Wildman–Crippen LogP) is 3.69. The molecule has 1 fully saturated rings. The van der Waals surface area contributed by atoms with Crippen LogP contribution in [0.15, 0.2) is 51.1 Å². The molecular weight excluding hydrogens is 410 g/mol. The van der Waals surface area contributed by atoms with Gasteiger partial charge in [0.2, 0.25) is 10.0 Å². The molecule has 0 atom stereocenters. The quantitative estimate of drug-likeness (QED) is 0.508. The van der Waals surface area contributed by atoms with E-state index in [0.717, 1.165) is 22.6 Å². The van der Waals surface area contributed by atoms with E-state index in [1.54, 1.807) is 6.07 Å². The number of hydrogen-bond acceptors (Lipinski definition) is 6. The van der Waals surface area contributed by atoms with Crippen LogP contribution in [0.25, 0.3) is 0 Å². The molecule has 1 saturated heterocycles. The fourth-order valence-electron chi connectivity index (χ4n) is 3.26. The Bertz CT molecular complexity index is 1020. The fourth-order valence-corrected chi connectivity index (χ4v) is 6.22. The third-order valence-electron chi connectivity index (χ3n) is 5.10. The molecular formula is C20H25N3O4S2. The third-order valence-corrected chi connectivity index (χ3v) is 8.40. The molecule has 1 aliphatic rings. The van der Waals surface area contributed by atoms with Gasteiger partial charge in [-0.2, -0.15) is 4.31 Å². The van der Waals surface area contributed by atoms with Gasteiger partial charge in [-0.3, -0.25) is 10.1 Å². The summed E-state index contributed by atoms with van der Waals surface area (Å²) in [6.45, 7) is 8.94. The molecule has 0 radical (unpaired) electrons. The van der Waals surface area contributed by atoms with Crippen LogP contribution in [0.2, 0.25) is 0 Å². The number of hydrogen-bond donors (Lipinski definition) is 0. The molecule has 2 aromatic rings. The molecule has 0 N–H and O–H groups in total. The zero-order valence-electron chi connectivity index (χ0n) is 16.8. The highest BCUT2D eigenvalue weighted by Crippen LogP contribution is 2.38. The second-order valence-electron chi connectivity index (χ2n) is 7.10. The van der Waals surface area contributed by atoms with Gasteiger partial charge in [-0.15, -0.1) is 0 Å². The van der Waals surface area contributed by atoms with E-state index in [1.807, 2.05) is 39.0 Å². The molecule has 3 rings (SSSR count). The Morgan fingerprint density at radius 2 is 1.72 bits per heavy atom. The smallest absolute Gasteiger partial charge is 0.270 e. The monoisotopic (exact) mass is 435 g/mol. The van der Waals surface area contributed by atoms with Crippen molar-refractivity contribution in [2.45, 2.75) is 35.5 Å². The van der Waals surface area contributed by atoms with E-state index in [2.05, 4.69) is 4.90 Å². The first-order chi connectivity index (χ1) is 13.7. The van der Waals surface area contributed by atoms with Gasteiger partial charge in [0.1, 0.15) is 4.90 Å². The normalized spacial score (nSPS) is 16.1. The number of nitrogens with zero attached hydrogens (tertiary/aromatic N) is 3. The summed E-state index contributed by atoms with van der Waals surface area (Å²) >= 11 is 1.33. The van der Waals surface area contributed by atoms with Crippen LogP contribution in [0.1, 0.15) is 18.1 Å². The van der Waals surface area contributed by atoms with Gasteiger partial charge < -0.3 is 4.90 Å². The van der Waals surface area contributed by atoms with Crippen LogP contribution in [0.3, 0.4) is 0 Å². The predicted molar refractivity (Wildman–Crippen MR) is 114 cm³/mol. The van der Waals surface area contributed by atoms with Crippen molar-refractivity contribution in [3.8, 4) is 0 Å². The third kappa shape index (κ3) is 4.80. The van der Waals surface area contributed by atoms with Crippen molar-refractivity contribution in [1.82, 2.24) is 9.21 Å². The molecule has 1 aliphatic heterocycles. The second kappa shape index (κ2) is 8.83. The van der Waals surface area contributed by atoms with Crippen molar-refractivity contribution in [2.75, 3.05) is 32.7 Å². The molecule has 7 nitrogen and oxygen atoms in total. The highest BCUT2D eigenvalue weighted by atomic mass is 32.2. The first-order valence-electron chi connectivity index (χ1n) is 9.48. The summed E-state index contributed by atoms with van der Waals surface area (Å²) in [6, 6.07) is 10.1. The van der Waals surface area contributed by atoms with Crippen LogP contribution in [0.5, 0.6) is 0 Å². The number of piperazine rings is 1. The maximum atomic E-state index is 13.4. The Morgan fingerprint density at radius 1 is 1.03 bits per heavy atom. The number of non-ortho nitro benzene ring substituents is 1. The number of likely N-dealkylation sites (N-methyl/N-ethyl adjacent to an activating group) is 1. The van der Waals surface area contributed by atoms with Gasteiger partial charge in [0, 0.05) is 48.1 Å². The van der Waals surface area contributed by atoms with Gasteiger partial charge in [-0.25, -0.2) is 8.42 Å². The number of rotatable bonds is 6. The van der Waals surface area contributed by atoms with Crippen molar-refractivity contribution >= 4 is 27.5 Å². The summed E-state index contributed by atoms with van der Waals surface area (Å²) in [7, 11) is -3.84.